The highest BCUT2D eigenvalue weighted by molar-refractivity contribution is 9.10. The number of hydrogen-bond donors (Lipinski definition) is 1. The summed E-state index contributed by atoms with van der Waals surface area (Å²) < 4.78 is 0.972. The van der Waals surface area contributed by atoms with Crippen molar-refractivity contribution in [2.45, 2.75) is 0 Å². The van der Waals surface area contributed by atoms with Gasteiger partial charge in [0.25, 0.3) is 5.91 Å². The van der Waals surface area contributed by atoms with E-state index in [1.54, 1.807) is 12.4 Å². The molecule has 126 valence electrons. The summed E-state index contributed by atoms with van der Waals surface area (Å²) in [6, 6.07) is 9.21. The Morgan fingerprint density at radius 2 is 1.75 bits per heavy atom. The molecule has 1 fully saturated rings. The first-order valence-corrected chi connectivity index (χ1v) is 8.80. The second-order valence-corrected chi connectivity index (χ2v) is 6.56. The van der Waals surface area contributed by atoms with Gasteiger partial charge < -0.3 is 10.2 Å². The van der Waals surface area contributed by atoms with Gasteiger partial charge in [-0.05, 0) is 30.3 Å². The van der Waals surface area contributed by atoms with Crippen molar-refractivity contribution in [1.29, 1.82) is 0 Å². The van der Waals surface area contributed by atoms with Crippen molar-refractivity contribution in [3.63, 3.8) is 0 Å². The molecule has 1 saturated heterocycles. The number of amides is 1. The van der Waals surface area contributed by atoms with Gasteiger partial charge in [-0.3, -0.25) is 9.69 Å². The van der Waals surface area contributed by atoms with Crippen LogP contribution in [0.4, 0.5) is 5.95 Å². The van der Waals surface area contributed by atoms with Crippen molar-refractivity contribution in [1.82, 2.24) is 20.2 Å². The molecule has 1 amide bonds. The van der Waals surface area contributed by atoms with Gasteiger partial charge in [-0.1, -0.05) is 15.9 Å². The van der Waals surface area contributed by atoms with Crippen molar-refractivity contribution in [3.8, 4) is 0 Å². The lowest BCUT2D eigenvalue weighted by molar-refractivity contribution is 0.0948. The normalized spacial score (nSPS) is 15.3. The van der Waals surface area contributed by atoms with Crippen LogP contribution in [0.2, 0.25) is 0 Å². The molecule has 1 aliphatic rings. The predicted molar refractivity (Wildman–Crippen MR) is 97.2 cm³/mol. The molecule has 2 aromatic rings. The van der Waals surface area contributed by atoms with Crippen molar-refractivity contribution in [2.24, 2.45) is 0 Å². The lowest BCUT2D eigenvalue weighted by atomic mass is 10.2. The fourth-order valence-electron chi connectivity index (χ4n) is 2.66. The highest BCUT2D eigenvalue weighted by Crippen LogP contribution is 2.11. The molecule has 2 heterocycles. The number of carbonyl (C=O) groups is 1. The van der Waals surface area contributed by atoms with E-state index in [1.165, 1.54) is 0 Å². The number of aromatic nitrogens is 2. The summed E-state index contributed by atoms with van der Waals surface area (Å²) in [6.07, 6.45) is 3.54. The monoisotopic (exact) mass is 389 g/mol. The average Bonchev–Trinajstić information content (AvgIpc) is 2.63. The Labute approximate surface area is 150 Å². The molecule has 0 unspecified atom stereocenters. The van der Waals surface area contributed by atoms with E-state index in [4.69, 9.17) is 0 Å². The minimum atomic E-state index is -0.0289. The van der Waals surface area contributed by atoms with E-state index in [0.717, 1.165) is 43.1 Å². The lowest BCUT2D eigenvalue weighted by Crippen LogP contribution is -2.49. The van der Waals surface area contributed by atoms with Crippen molar-refractivity contribution in [3.05, 3.63) is 52.8 Å². The summed E-state index contributed by atoms with van der Waals surface area (Å²) in [5.74, 6) is 0.763. The third-order valence-corrected chi connectivity index (χ3v) is 4.56. The molecule has 0 aliphatic carbocycles. The number of benzene rings is 1. The van der Waals surface area contributed by atoms with Crippen LogP contribution in [0.3, 0.4) is 0 Å². The van der Waals surface area contributed by atoms with E-state index < -0.39 is 0 Å². The van der Waals surface area contributed by atoms with Crippen LogP contribution in [0.1, 0.15) is 10.4 Å². The van der Waals surface area contributed by atoms with Gasteiger partial charge in [0.1, 0.15) is 0 Å². The number of halogens is 1. The summed E-state index contributed by atoms with van der Waals surface area (Å²) in [5, 5.41) is 2.97. The molecule has 0 radical (unpaired) electrons. The molecular formula is C17H20BrN5O. The Bertz CT molecular complexity index is 656. The minimum absolute atomic E-state index is 0.0289. The Morgan fingerprint density at radius 1 is 1.08 bits per heavy atom. The van der Waals surface area contributed by atoms with Crippen molar-refractivity contribution in [2.75, 3.05) is 44.2 Å². The van der Waals surface area contributed by atoms with E-state index in [9.17, 15) is 4.79 Å². The van der Waals surface area contributed by atoms with Crippen molar-refractivity contribution >= 4 is 27.8 Å². The Morgan fingerprint density at radius 3 is 2.42 bits per heavy atom. The Hall–Kier alpha value is -1.99. The molecule has 1 N–H and O–H groups in total. The number of hydrogen-bond acceptors (Lipinski definition) is 5. The lowest BCUT2D eigenvalue weighted by Gasteiger charge is -2.34. The van der Waals surface area contributed by atoms with Crippen LogP contribution in [0.5, 0.6) is 0 Å². The molecule has 6 nitrogen and oxygen atoms in total. The quantitative estimate of drug-likeness (QED) is 0.844. The number of carbonyl (C=O) groups excluding carboxylic acids is 1. The first kappa shape index (κ1) is 16.9. The second-order valence-electron chi connectivity index (χ2n) is 5.64. The van der Waals surface area contributed by atoms with Gasteiger partial charge in [0.2, 0.25) is 5.95 Å². The summed E-state index contributed by atoms with van der Waals surface area (Å²) in [6.45, 7) is 5.22. The zero-order chi connectivity index (χ0) is 16.8. The fraction of sp³-hybridized carbons (Fsp3) is 0.353. The number of nitrogens with one attached hydrogen (secondary N) is 1. The minimum Gasteiger partial charge on any atom is -0.351 e. The summed E-state index contributed by atoms with van der Waals surface area (Å²) in [4.78, 5) is 25.2. The molecule has 0 saturated carbocycles. The van der Waals surface area contributed by atoms with Crippen LogP contribution < -0.4 is 10.2 Å². The van der Waals surface area contributed by atoms with Crippen LogP contribution in [0.25, 0.3) is 0 Å². The second kappa shape index (κ2) is 8.21. The van der Waals surface area contributed by atoms with Gasteiger partial charge in [0.15, 0.2) is 0 Å². The van der Waals surface area contributed by atoms with Gasteiger partial charge in [-0.2, -0.15) is 0 Å². The zero-order valence-electron chi connectivity index (χ0n) is 13.4. The highest BCUT2D eigenvalue weighted by Gasteiger charge is 2.18. The average molecular weight is 390 g/mol. The number of piperazine rings is 1. The SMILES string of the molecule is O=C(NCCN1CCN(c2ncccn2)CC1)c1ccc(Br)cc1. The number of nitrogens with zero attached hydrogens (tertiary/aromatic N) is 4. The summed E-state index contributed by atoms with van der Waals surface area (Å²) >= 11 is 3.37. The molecule has 7 heteroatoms. The van der Waals surface area contributed by atoms with E-state index >= 15 is 0 Å². The summed E-state index contributed by atoms with van der Waals surface area (Å²) in [5.41, 5.74) is 0.684. The van der Waals surface area contributed by atoms with E-state index in [-0.39, 0.29) is 5.91 Å². The molecular weight excluding hydrogens is 370 g/mol. The van der Waals surface area contributed by atoms with Crippen LogP contribution in [0, 0.1) is 0 Å². The van der Waals surface area contributed by atoms with E-state index in [0.29, 0.717) is 12.1 Å². The molecule has 3 rings (SSSR count). The molecule has 0 spiro atoms. The maximum absolute atomic E-state index is 12.1. The molecule has 1 aromatic carbocycles. The van der Waals surface area contributed by atoms with Crippen molar-refractivity contribution < 1.29 is 4.79 Å². The maximum atomic E-state index is 12.1. The Kier molecular flexibility index (Phi) is 5.77. The third kappa shape index (κ3) is 4.52. The largest absolute Gasteiger partial charge is 0.351 e. The molecule has 0 bridgehead atoms. The van der Waals surface area contributed by atoms with Crippen LogP contribution in [-0.2, 0) is 0 Å². The maximum Gasteiger partial charge on any atom is 0.251 e. The third-order valence-electron chi connectivity index (χ3n) is 4.03. The predicted octanol–water partition coefficient (Wildman–Crippen LogP) is 1.79. The first-order chi connectivity index (χ1) is 11.7. The van der Waals surface area contributed by atoms with Gasteiger partial charge >= 0.3 is 0 Å². The van der Waals surface area contributed by atoms with Gasteiger partial charge in [0.05, 0.1) is 0 Å². The van der Waals surface area contributed by atoms with E-state index in [1.807, 2.05) is 30.3 Å². The molecule has 24 heavy (non-hydrogen) atoms. The van der Waals surface area contributed by atoms with Gasteiger partial charge in [0, 0.05) is 61.7 Å². The smallest absolute Gasteiger partial charge is 0.251 e. The highest BCUT2D eigenvalue weighted by atomic mass is 79.9. The van der Waals surface area contributed by atoms with Gasteiger partial charge in [-0.25, -0.2) is 9.97 Å². The topological polar surface area (TPSA) is 61.4 Å². The standard InChI is InChI=1S/C17H20BrN5O/c18-15-4-2-14(3-5-15)16(24)19-8-9-22-10-12-23(13-11-22)17-20-6-1-7-21-17/h1-7H,8-13H2,(H,19,24). The molecule has 1 aromatic heterocycles. The first-order valence-electron chi connectivity index (χ1n) is 8.00. The fourth-order valence-corrected chi connectivity index (χ4v) is 2.92. The Balaban J connectivity index is 1.39. The van der Waals surface area contributed by atoms with Crippen LogP contribution in [-0.4, -0.2) is 60.0 Å². The van der Waals surface area contributed by atoms with Crippen LogP contribution in [0.15, 0.2) is 47.2 Å². The van der Waals surface area contributed by atoms with E-state index in [2.05, 4.69) is 41.0 Å². The number of rotatable bonds is 5. The van der Waals surface area contributed by atoms with Crippen LogP contribution >= 0.6 is 15.9 Å². The molecule has 0 atom stereocenters. The van der Waals surface area contributed by atoms with Gasteiger partial charge in [-0.15, -0.1) is 0 Å². The number of anilines is 1. The zero-order valence-corrected chi connectivity index (χ0v) is 14.9. The summed E-state index contributed by atoms with van der Waals surface area (Å²) in [7, 11) is 0. The molecule has 1 aliphatic heterocycles.